The highest BCUT2D eigenvalue weighted by Gasteiger charge is 2.17. The molecule has 4 nitrogen and oxygen atoms in total. The lowest BCUT2D eigenvalue weighted by molar-refractivity contribution is 0.102. The molecule has 0 aliphatic carbocycles. The molecule has 33 heavy (non-hydrogen) atoms. The fourth-order valence-electron chi connectivity index (χ4n) is 3.54. The summed E-state index contributed by atoms with van der Waals surface area (Å²) in [7, 11) is 0. The van der Waals surface area contributed by atoms with E-state index in [-0.39, 0.29) is 5.91 Å². The number of pyridine rings is 1. The Labute approximate surface area is 204 Å². The van der Waals surface area contributed by atoms with Gasteiger partial charge in [0.25, 0.3) is 5.91 Å². The number of para-hydroxylation sites is 1. The van der Waals surface area contributed by atoms with E-state index >= 15 is 0 Å². The highest BCUT2D eigenvalue weighted by Crippen LogP contribution is 2.33. The summed E-state index contributed by atoms with van der Waals surface area (Å²) in [6.07, 6.45) is 0. The maximum absolute atomic E-state index is 13.2. The van der Waals surface area contributed by atoms with E-state index in [0.717, 1.165) is 10.9 Å². The molecule has 0 aliphatic rings. The molecule has 0 saturated heterocycles. The molecule has 0 saturated carbocycles. The number of halogens is 3. The van der Waals surface area contributed by atoms with Gasteiger partial charge >= 0.3 is 0 Å². The highest BCUT2D eigenvalue weighted by atomic mass is 35.5. The van der Waals surface area contributed by atoms with Crippen molar-refractivity contribution >= 4 is 57.3 Å². The first-order valence-corrected chi connectivity index (χ1v) is 11.1. The van der Waals surface area contributed by atoms with E-state index in [4.69, 9.17) is 44.2 Å². The Hall–Kier alpha value is -3.31. The van der Waals surface area contributed by atoms with Gasteiger partial charge in [-0.15, -0.1) is 0 Å². The SMILES string of the molecule is O=C(Nc1ccc(Cl)c(Cl)c1)c1cc(-c2ccc(-c3ccccc3Cl)o2)nc2ccccc12. The number of carbonyl (C=O) groups excluding carboxylic acids is 1. The Balaban J connectivity index is 1.56. The van der Waals surface area contributed by atoms with E-state index in [2.05, 4.69) is 5.32 Å². The van der Waals surface area contributed by atoms with Crippen molar-refractivity contribution in [2.75, 3.05) is 5.32 Å². The maximum Gasteiger partial charge on any atom is 0.256 e. The second-order valence-electron chi connectivity index (χ2n) is 7.30. The van der Waals surface area contributed by atoms with Gasteiger partial charge in [-0.1, -0.05) is 65.1 Å². The molecule has 1 amide bonds. The largest absolute Gasteiger partial charge is 0.454 e. The van der Waals surface area contributed by atoms with Crippen LogP contribution in [0, 0.1) is 0 Å². The topological polar surface area (TPSA) is 55.1 Å². The zero-order valence-corrected chi connectivity index (χ0v) is 19.2. The number of nitrogens with one attached hydrogen (secondary N) is 1. The number of benzene rings is 3. The van der Waals surface area contributed by atoms with Gasteiger partial charge in [0.2, 0.25) is 0 Å². The van der Waals surface area contributed by atoms with Crippen molar-refractivity contribution in [1.82, 2.24) is 4.98 Å². The Morgan fingerprint density at radius 2 is 1.52 bits per heavy atom. The second kappa shape index (κ2) is 8.91. The maximum atomic E-state index is 13.2. The molecule has 0 unspecified atom stereocenters. The molecular formula is C26H15Cl3N2O2. The van der Waals surface area contributed by atoms with Gasteiger partial charge in [0.15, 0.2) is 5.76 Å². The molecule has 5 aromatic rings. The number of hydrogen-bond donors (Lipinski definition) is 1. The number of hydrogen-bond acceptors (Lipinski definition) is 3. The standard InChI is InChI=1S/C26H15Cl3N2O2/c27-19-7-3-1-6-17(19)24-11-12-25(33-24)23-14-18(16-5-2-4-8-22(16)31-23)26(32)30-15-9-10-20(28)21(29)13-15/h1-14H,(H,30,32). The predicted molar refractivity (Wildman–Crippen MR) is 134 cm³/mol. The lowest BCUT2D eigenvalue weighted by Gasteiger charge is -2.10. The summed E-state index contributed by atoms with van der Waals surface area (Å²) in [5.74, 6) is 0.845. The summed E-state index contributed by atoms with van der Waals surface area (Å²) in [6.45, 7) is 0. The van der Waals surface area contributed by atoms with Crippen LogP contribution in [0.15, 0.2) is 89.3 Å². The third-order valence-electron chi connectivity index (χ3n) is 5.14. The first kappa shape index (κ1) is 21.5. The van der Waals surface area contributed by atoms with Gasteiger partial charge in [-0.25, -0.2) is 4.98 Å². The minimum atomic E-state index is -0.300. The van der Waals surface area contributed by atoms with E-state index < -0.39 is 0 Å². The number of nitrogens with zero attached hydrogens (tertiary/aromatic N) is 1. The van der Waals surface area contributed by atoms with Crippen molar-refractivity contribution in [2.45, 2.75) is 0 Å². The van der Waals surface area contributed by atoms with Crippen molar-refractivity contribution in [3.8, 4) is 22.8 Å². The van der Waals surface area contributed by atoms with Crippen LogP contribution < -0.4 is 5.32 Å². The van der Waals surface area contributed by atoms with E-state index in [1.165, 1.54) is 0 Å². The molecular weight excluding hydrogens is 479 g/mol. The summed E-state index contributed by atoms with van der Waals surface area (Å²) in [6, 6.07) is 25.2. The molecule has 7 heteroatoms. The van der Waals surface area contributed by atoms with Gasteiger partial charge in [-0.05, 0) is 54.6 Å². The van der Waals surface area contributed by atoms with Crippen molar-refractivity contribution < 1.29 is 9.21 Å². The number of carbonyl (C=O) groups is 1. The molecule has 0 atom stereocenters. The molecule has 162 valence electrons. The zero-order chi connectivity index (χ0) is 22.9. The predicted octanol–water partition coefficient (Wildman–Crippen LogP) is 8.37. The van der Waals surface area contributed by atoms with Crippen LogP contribution in [0.5, 0.6) is 0 Å². The van der Waals surface area contributed by atoms with Crippen LogP contribution in [0.2, 0.25) is 15.1 Å². The van der Waals surface area contributed by atoms with Crippen molar-refractivity contribution in [3.63, 3.8) is 0 Å². The molecule has 1 N–H and O–H groups in total. The Morgan fingerprint density at radius 1 is 0.758 bits per heavy atom. The van der Waals surface area contributed by atoms with Gasteiger partial charge in [-0.2, -0.15) is 0 Å². The monoisotopic (exact) mass is 492 g/mol. The molecule has 0 radical (unpaired) electrons. The highest BCUT2D eigenvalue weighted by molar-refractivity contribution is 6.42. The summed E-state index contributed by atoms with van der Waals surface area (Å²) in [5, 5.41) is 4.96. The first-order valence-electron chi connectivity index (χ1n) is 10.0. The minimum absolute atomic E-state index is 0.300. The molecule has 2 heterocycles. The van der Waals surface area contributed by atoms with Gasteiger partial charge in [0.1, 0.15) is 11.5 Å². The van der Waals surface area contributed by atoms with Crippen LogP contribution in [0.3, 0.4) is 0 Å². The first-order chi connectivity index (χ1) is 16.0. The van der Waals surface area contributed by atoms with Crippen LogP contribution in [0.25, 0.3) is 33.7 Å². The summed E-state index contributed by atoms with van der Waals surface area (Å²) >= 11 is 18.4. The number of aromatic nitrogens is 1. The van der Waals surface area contributed by atoms with Crippen LogP contribution in [-0.4, -0.2) is 10.9 Å². The summed E-state index contributed by atoms with van der Waals surface area (Å²) in [5.41, 5.74) is 2.98. The average Bonchev–Trinajstić information content (AvgIpc) is 3.31. The third kappa shape index (κ3) is 4.33. The zero-order valence-electron chi connectivity index (χ0n) is 17.0. The Bertz CT molecular complexity index is 1510. The molecule has 0 fully saturated rings. The molecule has 2 aromatic heterocycles. The molecule has 0 spiro atoms. The van der Waals surface area contributed by atoms with Gasteiger partial charge < -0.3 is 9.73 Å². The van der Waals surface area contributed by atoms with Gasteiger partial charge in [0.05, 0.1) is 26.1 Å². The molecule has 0 aliphatic heterocycles. The van der Waals surface area contributed by atoms with E-state index in [0.29, 0.717) is 49.0 Å². The summed E-state index contributed by atoms with van der Waals surface area (Å²) < 4.78 is 6.06. The van der Waals surface area contributed by atoms with Crippen LogP contribution in [0.1, 0.15) is 10.4 Å². The minimum Gasteiger partial charge on any atom is -0.454 e. The van der Waals surface area contributed by atoms with Gasteiger partial charge in [0, 0.05) is 16.6 Å². The number of rotatable bonds is 4. The number of fused-ring (bicyclic) bond motifs is 1. The van der Waals surface area contributed by atoms with Crippen molar-refractivity contribution in [1.29, 1.82) is 0 Å². The van der Waals surface area contributed by atoms with E-state index in [1.807, 2.05) is 54.6 Å². The van der Waals surface area contributed by atoms with Crippen LogP contribution >= 0.6 is 34.8 Å². The van der Waals surface area contributed by atoms with E-state index in [1.54, 1.807) is 30.3 Å². The third-order valence-corrected chi connectivity index (χ3v) is 6.20. The molecule has 5 rings (SSSR count). The average molecular weight is 494 g/mol. The fourth-order valence-corrected chi connectivity index (χ4v) is 4.07. The normalized spacial score (nSPS) is 11.0. The Morgan fingerprint density at radius 3 is 2.33 bits per heavy atom. The van der Waals surface area contributed by atoms with E-state index in [9.17, 15) is 4.79 Å². The second-order valence-corrected chi connectivity index (χ2v) is 8.52. The van der Waals surface area contributed by atoms with Crippen LogP contribution in [-0.2, 0) is 0 Å². The number of furan rings is 1. The summed E-state index contributed by atoms with van der Waals surface area (Å²) in [4.78, 5) is 17.9. The lowest BCUT2D eigenvalue weighted by atomic mass is 10.1. The van der Waals surface area contributed by atoms with Crippen LogP contribution in [0.4, 0.5) is 5.69 Å². The van der Waals surface area contributed by atoms with Gasteiger partial charge in [-0.3, -0.25) is 4.79 Å². The van der Waals surface area contributed by atoms with Crippen molar-refractivity contribution in [2.24, 2.45) is 0 Å². The quantitative estimate of drug-likeness (QED) is 0.273. The lowest BCUT2D eigenvalue weighted by Crippen LogP contribution is -2.13. The fraction of sp³-hybridized carbons (Fsp3) is 0. The number of anilines is 1. The molecule has 3 aromatic carbocycles. The smallest absolute Gasteiger partial charge is 0.256 e. The Kier molecular flexibility index (Phi) is 5.81. The molecule has 0 bridgehead atoms. The number of amides is 1. The van der Waals surface area contributed by atoms with Crippen molar-refractivity contribution in [3.05, 3.63) is 106 Å².